The van der Waals surface area contributed by atoms with Gasteiger partial charge in [0.15, 0.2) is 0 Å². The van der Waals surface area contributed by atoms with Crippen LogP contribution in [0.1, 0.15) is 53.4 Å². The van der Waals surface area contributed by atoms with Gasteiger partial charge in [-0.15, -0.1) is 0 Å². The van der Waals surface area contributed by atoms with E-state index in [9.17, 15) is 49.9 Å². The maximum absolute atomic E-state index is 14.3. The van der Waals surface area contributed by atoms with Crippen molar-refractivity contribution in [3.05, 3.63) is 60.7 Å². The second kappa shape index (κ2) is 19.2. The van der Waals surface area contributed by atoms with Crippen molar-refractivity contribution >= 4 is 87.1 Å². The average Bonchev–Trinajstić information content (AvgIpc) is 3.17. The van der Waals surface area contributed by atoms with E-state index in [4.69, 9.17) is 0 Å². The van der Waals surface area contributed by atoms with Crippen molar-refractivity contribution < 1.29 is 49.9 Å². The normalized spacial score (nSPS) is 13.5. The van der Waals surface area contributed by atoms with Gasteiger partial charge < -0.3 is 30.9 Å². The molecule has 3 atom stereocenters. The Labute approximate surface area is 339 Å². The zero-order valence-corrected chi connectivity index (χ0v) is 34.9. The maximum atomic E-state index is 14.3. The summed E-state index contributed by atoms with van der Waals surface area (Å²) in [6.45, 7) is 13.9. The van der Waals surface area contributed by atoms with Gasteiger partial charge >= 0.3 is 0 Å². The molecule has 3 unspecified atom stereocenters. The predicted molar refractivity (Wildman–Crippen MR) is 219 cm³/mol. The summed E-state index contributed by atoms with van der Waals surface area (Å²) in [5, 5.41) is 21.6. The van der Waals surface area contributed by atoms with Crippen LogP contribution < -0.4 is 30.7 Å². The zero-order valence-electron chi connectivity index (χ0n) is 32.4. The Morgan fingerprint density at radius 1 is 0.672 bits per heavy atom. The topological polar surface area (TPSA) is 269 Å². The molecule has 58 heavy (non-hydrogen) atoms. The highest BCUT2D eigenvalue weighted by Gasteiger charge is 2.32. The van der Waals surface area contributed by atoms with E-state index in [1.54, 1.807) is 27.7 Å². The quantitative estimate of drug-likeness (QED) is 0.0276. The monoisotopic (exact) mass is 859 g/mol. The SMILES string of the molecule is C=C(C)C(=O)NCCCNC(=O)C(CC)NS(=O)(=O)c1cc(S(=O)(=O)NC(CC)C(=O)NCCCNC(=O)C(=C)C)c2ccc3c(S(=O)[O-])cc(O)c4ccc1c2c43. The molecule has 0 aliphatic heterocycles. The Morgan fingerprint density at radius 2 is 1.05 bits per heavy atom. The number of aromatic hydroxyl groups is 1. The molecule has 4 amide bonds. The number of hydrogen-bond donors (Lipinski definition) is 7. The standard InChI is InChI=1S/C38H48N6O11S3/c1-7-27(37(48)41-17-9-15-39-35(46)21(3)4)43-57(52,53)31-20-32(58(54,55)44-28(8-2)38(49)42-18-10-16-40-36(47)22(5)6)26-14-12-24-30(56(50)51)19-29(45)23-11-13-25(31)34(26)33(23)24/h11-14,19-20,27-28,43-45H,3,5,7-10,15-18H2,1-2,4,6H3,(H,39,46)(H,40,47)(H,41,48)(H,42,49)(H,50,51)/p-1. The number of rotatable bonds is 21. The van der Waals surface area contributed by atoms with Crippen LogP contribution in [-0.4, -0.2) is 92.6 Å². The van der Waals surface area contributed by atoms with Gasteiger partial charge in [0, 0.05) is 69.2 Å². The lowest BCUT2D eigenvalue weighted by molar-refractivity contribution is -0.123. The minimum Gasteiger partial charge on any atom is -0.768 e. The molecule has 0 fully saturated rings. The Hall–Kier alpha value is -4.99. The minimum absolute atomic E-state index is 0.00975. The molecule has 4 aromatic rings. The molecule has 0 heterocycles. The van der Waals surface area contributed by atoms with Gasteiger partial charge in [0.25, 0.3) is 0 Å². The molecular weight excluding hydrogens is 813 g/mol. The van der Waals surface area contributed by atoms with Crippen molar-refractivity contribution in [3.8, 4) is 5.75 Å². The van der Waals surface area contributed by atoms with Gasteiger partial charge in [-0.1, -0.05) is 45.2 Å². The van der Waals surface area contributed by atoms with E-state index >= 15 is 0 Å². The fraction of sp³-hybridized carbons (Fsp3) is 0.368. The van der Waals surface area contributed by atoms with E-state index in [-0.39, 0.29) is 88.0 Å². The number of phenols is 1. The third-order valence-corrected chi connectivity index (χ3v) is 12.9. The first-order chi connectivity index (χ1) is 27.2. The fourth-order valence-electron chi connectivity index (χ4n) is 6.16. The second-order valence-electron chi connectivity index (χ2n) is 13.6. The largest absolute Gasteiger partial charge is 0.768 e. The zero-order chi connectivity index (χ0) is 43.1. The van der Waals surface area contributed by atoms with Crippen molar-refractivity contribution in [2.75, 3.05) is 26.2 Å². The van der Waals surface area contributed by atoms with Gasteiger partial charge in [0.05, 0.1) is 9.79 Å². The lowest BCUT2D eigenvalue weighted by atomic mass is 9.94. The summed E-state index contributed by atoms with van der Waals surface area (Å²) in [4.78, 5) is 48.4. The van der Waals surface area contributed by atoms with Gasteiger partial charge in [-0.2, -0.15) is 9.44 Å². The molecule has 0 saturated heterocycles. The second-order valence-corrected chi connectivity index (χ2v) is 17.9. The molecule has 0 bridgehead atoms. The van der Waals surface area contributed by atoms with Crippen LogP contribution in [0.5, 0.6) is 5.75 Å². The van der Waals surface area contributed by atoms with Crippen molar-refractivity contribution in [2.24, 2.45) is 0 Å². The smallest absolute Gasteiger partial charge is 0.246 e. The predicted octanol–water partition coefficient (Wildman–Crippen LogP) is 2.04. The summed E-state index contributed by atoms with van der Waals surface area (Å²) in [7, 11) is -9.53. The van der Waals surface area contributed by atoms with Crippen LogP contribution in [0.2, 0.25) is 0 Å². The van der Waals surface area contributed by atoms with E-state index in [1.165, 1.54) is 24.3 Å². The number of sulfonamides is 2. The third kappa shape index (κ3) is 10.4. The van der Waals surface area contributed by atoms with E-state index in [2.05, 4.69) is 43.9 Å². The molecule has 0 aromatic heterocycles. The Balaban J connectivity index is 1.76. The van der Waals surface area contributed by atoms with Crippen LogP contribution in [0.15, 0.2) is 75.4 Å². The summed E-state index contributed by atoms with van der Waals surface area (Å²) in [6.07, 6.45) is 0.613. The van der Waals surface area contributed by atoms with Crippen LogP contribution in [-0.2, 0) is 50.3 Å². The maximum Gasteiger partial charge on any atom is 0.246 e. The van der Waals surface area contributed by atoms with E-state index in [0.29, 0.717) is 24.0 Å². The first-order valence-corrected chi connectivity index (χ1v) is 22.3. The third-order valence-electron chi connectivity index (χ3n) is 9.22. The first-order valence-electron chi connectivity index (χ1n) is 18.3. The summed E-state index contributed by atoms with van der Waals surface area (Å²) in [5.74, 6) is -2.54. The van der Waals surface area contributed by atoms with Gasteiger partial charge in [0.1, 0.15) is 17.8 Å². The van der Waals surface area contributed by atoms with Crippen LogP contribution in [0.25, 0.3) is 32.3 Å². The average molecular weight is 860 g/mol. The summed E-state index contributed by atoms with van der Waals surface area (Å²) < 4.78 is 86.6. The van der Waals surface area contributed by atoms with Crippen LogP contribution in [0, 0.1) is 0 Å². The van der Waals surface area contributed by atoms with Gasteiger partial charge in [0.2, 0.25) is 43.7 Å². The van der Waals surface area contributed by atoms with Gasteiger partial charge in [-0.05, 0) is 74.2 Å². The van der Waals surface area contributed by atoms with Crippen molar-refractivity contribution in [1.82, 2.24) is 30.7 Å². The molecule has 4 aromatic carbocycles. The molecule has 4 rings (SSSR count). The number of phenolic OH excluding ortho intramolecular Hbond substituents is 1. The lowest BCUT2D eigenvalue weighted by Crippen LogP contribution is -2.47. The van der Waals surface area contributed by atoms with E-state index in [1.807, 2.05) is 0 Å². The number of benzene rings is 4. The van der Waals surface area contributed by atoms with Gasteiger partial charge in [-0.25, -0.2) is 16.8 Å². The van der Waals surface area contributed by atoms with Crippen molar-refractivity contribution in [1.29, 1.82) is 0 Å². The molecule has 0 aliphatic carbocycles. The molecule has 0 aliphatic rings. The van der Waals surface area contributed by atoms with Crippen LogP contribution >= 0.6 is 0 Å². The molecular formula is C38H47N6O11S3-. The highest BCUT2D eigenvalue weighted by atomic mass is 32.2. The van der Waals surface area contributed by atoms with E-state index < -0.39 is 70.6 Å². The fourth-order valence-corrected chi connectivity index (χ4v) is 9.81. The Bertz CT molecular complexity index is 2420. The molecule has 20 heteroatoms. The number of hydrogen-bond acceptors (Lipinski definition) is 11. The highest BCUT2D eigenvalue weighted by Crippen LogP contribution is 2.44. The highest BCUT2D eigenvalue weighted by molar-refractivity contribution is 7.90. The molecule has 17 nitrogen and oxygen atoms in total. The van der Waals surface area contributed by atoms with E-state index in [0.717, 1.165) is 12.1 Å². The Kier molecular flexibility index (Phi) is 15.1. The van der Waals surface area contributed by atoms with Gasteiger partial charge in [-0.3, -0.25) is 23.4 Å². The molecule has 0 spiro atoms. The molecule has 7 N–H and O–H groups in total. The van der Waals surface area contributed by atoms with Crippen LogP contribution in [0.3, 0.4) is 0 Å². The van der Waals surface area contributed by atoms with Crippen molar-refractivity contribution in [3.63, 3.8) is 0 Å². The summed E-state index contributed by atoms with van der Waals surface area (Å²) >= 11 is -2.87. The molecule has 0 saturated carbocycles. The van der Waals surface area contributed by atoms with Crippen molar-refractivity contribution in [2.45, 2.75) is 80.1 Å². The van der Waals surface area contributed by atoms with Crippen LogP contribution in [0.4, 0.5) is 0 Å². The summed E-state index contributed by atoms with van der Waals surface area (Å²) in [5.41, 5.74) is 0.622. The number of amides is 4. The Morgan fingerprint density at radius 3 is 1.45 bits per heavy atom. The minimum atomic E-state index is -4.76. The number of carbonyl (C=O) groups is 4. The molecule has 0 radical (unpaired) electrons. The number of nitrogens with one attached hydrogen (secondary N) is 6. The molecule has 314 valence electrons. The lowest BCUT2D eigenvalue weighted by Gasteiger charge is -2.23. The first kappa shape index (κ1) is 45.7. The summed E-state index contributed by atoms with van der Waals surface area (Å²) in [6, 6.07) is 4.66. The number of carbonyl (C=O) groups excluding carboxylic acids is 4.